The zero-order valence-electron chi connectivity index (χ0n) is 10.4. The summed E-state index contributed by atoms with van der Waals surface area (Å²) in [6.07, 6.45) is 5.36. The zero-order chi connectivity index (χ0) is 12.1. The summed E-state index contributed by atoms with van der Waals surface area (Å²) < 4.78 is 0. The van der Waals surface area contributed by atoms with Gasteiger partial charge in [-0.05, 0) is 33.2 Å². The van der Waals surface area contributed by atoms with Gasteiger partial charge in [-0.25, -0.2) is 0 Å². The molecule has 1 rings (SSSR count). The Bertz CT molecular complexity index is 276. The third kappa shape index (κ3) is 3.32. The molecule has 1 aliphatic carbocycles. The van der Waals surface area contributed by atoms with E-state index < -0.39 is 0 Å². The number of nitrogens with zero attached hydrogens (tertiary/aromatic N) is 2. The molecule has 4 nitrogen and oxygen atoms in total. The molecule has 0 bridgehead atoms. The van der Waals surface area contributed by atoms with Crippen molar-refractivity contribution in [1.29, 1.82) is 0 Å². The predicted molar refractivity (Wildman–Crippen MR) is 63.9 cm³/mol. The number of carbonyl (C=O) groups excluding carboxylic acids is 1. The van der Waals surface area contributed by atoms with Gasteiger partial charge in [0.25, 0.3) is 0 Å². The second-order valence-corrected chi connectivity index (χ2v) is 4.49. The molecule has 0 fully saturated rings. The molecule has 92 valence electrons. The number of likely N-dealkylation sites (N-methyl/N-ethyl adjacent to an activating group) is 2. The van der Waals surface area contributed by atoms with Gasteiger partial charge in [-0.3, -0.25) is 9.69 Å². The first-order valence-corrected chi connectivity index (χ1v) is 5.83. The van der Waals surface area contributed by atoms with Crippen molar-refractivity contribution in [2.24, 2.45) is 0 Å². The Morgan fingerprint density at radius 1 is 1.56 bits per heavy atom. The Labute approximate surface area is 97.5 Å². The summed E-state index contributed by atoms with van der Waals surface area (Å²) in [5.74, 6) is 0.0935. The second kappa shape index (κ2) is 6.01. The summed E-state index contributed by atoms with van der Waals surface area (Å²) in [5.41, 5.74) is 1.13. The van der Waals surface area contributed by atoms with Crippen LogP contribution in [0, 0.1) is 0 Å². The van der Waals surface area contributed by atoms with Crippen LogP contribution in [0.5, 0.6) is 0 Å². The lowest BCUT2D eigenvalue weighted by Crippen LogP contribution is -2.41. The fraction of sp³-hybridized carbons (Fsp3) is 0.750. The molecule has 16 heavy (non-hydrogen) atoms. The van der Waals surface area contributed by atoms with E-state index in [0.29, 0.717) is 6.54 Å². The van der Waals surface area contributed by atoms with Gasteiger partial charge in [0, 0.05) is 18.8 Å². The van der Waals surface area contributed by atoms with Gasteiger partial charge in [-0.1, -0.05) is 6.08 Å². The predicted octanol–water partition coefficient (Wildman–Crippen LogP) is 0.825. The van der Waals surface area contributed by atoms with Crippen molar-refractivity contribution in [3.05, 3.63) is 11.8 Å². The molecule has 0 saturated carbocycles. The van der Waals surface area contributed by atoms with Crippen LogP contribution in [0.15, 0.2) is 11.8 Å². The van der Waals surface area contributed by atoms with Crippen molar-refractivity contribution in [3.8, 4) is 0 Å². The van der Waals surface area contributed by atoms with Crippen molar-refractivity contribution in [2.75, 3.05) is 27.2 Å². The lowest BCUT2D eigenvalue weighted by atomic mass is 10.3. The van der Waals surface area contributed by atoms with Crippen LogP contribution >= 0.6 is 0 Å². The number of aliphatic hydroxyl groups excluding tert-OH is 1. The topological polar surface area (TPSA) is 43.8 Å². The summed E-state index contributed by atoms with van der Waals surface area (Å²) in [4.78, 5) is 15.5. The standard InChI is InChI=1S/C12H22N2O2/c1-10(9-15)13(2)8-12(16)14(3)11-6-4-5-7-11/h6,10,15H,4-5,7-9H2,1-3H3. The summed E-state index contributed by atoms with van der Waals surface area (Å²) in [6, 6.07) is 0.0231. The fourth-order valence-electron chi connectivity index (χ4n) is 1.73. The number of hydrogen-bond acceptors (Lipinski definition) is 3. The van der Waals surface area contributed by atoms with E-state index in [2.05, 4.69) is 6.08 Å². The minimum Gasteiger partial charge on any atom is -0.395 e. The summed E-state index contributed by atoms with van der Waals surface area (Å²) in [7, 11) is 3.69. The Morgan fingerprint density at radius 2 is 2.25 bits per heavy atom. The lowest BCUT2D eigenvalue weighted by Gasteiger charge is -2.26. The Kier molecular flexibility index (Phi) is 4.96. The zero-order valence-corrected chi connectivity index (χ0v) is 10.4. The first-order valence-electron chi connectivity index (χ1n) is 5.83. The molecule has 1 amide bonds. The number of hydrogen-bond donors (Lipinski definition) is 1. The van der Waals surface area contributed by atoms with Crippen LogP contribution in [0.2, 0.25) is 0 Å². The maximum Gasteiger partial charge on any atom is 0.240 e. The van der Waals surface area contributed by atoms with E-state index in [1.807, 2.05) is 25.9 Å². The maximum atomic E-state index is 11.9. The fourth-order valence-corrected chi connectivity index (χ4v) is 1.73. The second-order valence-electron chi connectivity index (χ2n) is 4.49. The third-order valence-electron chi connectivity index (χ3n) is 3.22. The van der Waals surface area contributed by atoms with Crippen molar-refractivity contribution >= 4 is 5.91 Å². The summed E-state index contributed by atoms with van der Waals surface area (Å²) >= 11 is 0. The van der Waals surface area contributed by atoms with E-state index in [-0.39, 0.29) is 18.6 Å². The molecule has 0 aromatic carbocycles. The van der Waals surface area contributed by atoms with Crippen molar-refractivity contribution in [3.63, 3.8) is 0 Å². The van der Waals surface area contributed by atoms with Crippen LogP contribution in [0.25, 0.3) is 0 Å². The van der Waals surface area contributed by atoms with Gasteiger partial charge in [0.2, 0.25) is 5.91 Å². The van der Waals surface area contributed by atoms with Crippen LogP contribution in [-0.4, -0.2) is 54.1 Å². The highest BCUT2D eigenvalue weighted by Crippen LogP contribution is 2.20. The van der Waals surface area contributed by atoms with Gasteiger partial charge in [0.05, 0.1) is 13.2 Å². The van der Waals surface area contributed by atoms with Gasteiger partial charge in [0.1, 0.15) is 0 Å². The average molecular weight is 226 g/mol. The molecule has 0 aliphatic heterocycles. The van der Waals surface area contributed by atoms with E-state index in [4.69, 9.17) is 5.11 Å². The van der Waals surface area contributed by atoms with E-state index in [1.54, 1.807) is 4.90 Å². The van der Waals surface area contributed by atoms with Gasteiger partial charge in [0.15, 0.2) is 0 Å². The van der Waals surface area contributed by atoms with Gasteiger partial charge < -0.3 is 10.0 Å². The molecule has 0 aromatic rings. The summed E-state index contributed by atoms with van der Waals surface area (Å²) in [6.45, 7) is 2.34. The van der Waals surface area contributed by atoms with E-state index in [9.17, 15) is 4.79 Å². The van der Waals surface area contributed by atoms with E-state index in [1.165, 1.54) is 0 Å². The van der Waals surface area contributed by atoms with Crippen molar-refractivity contribution in [2.45, 2.75) is 32.2 Å². The first-order chi connectivity index (χ1) is 7.56. The normalized spacial score (nSPS) is 17.4. The molecule has 1 unspecified atom stereocenters. The number of amides is 1. The minimum absolute atomic E-state index is 0.0231. The molecular weight excluding hydrogens is 204 g/mol. The number of carbonyl (C=O) groups is 1. The van der Waals surface area contributed by atoms with Gasteiger partial charge in [-0.15, -0.1) is 0 Å². The smallest absolute Gasteiger partial charge is 0.240 e. The largest absolute Gasteiger partial charge is 0.395 e. The highest BCUT2D eigenvalue weighted by Gasteiger charge is 2.19. The van der Waals surface area contributed by atoms with Crippen molar-refractivity contribution in [1.82, 2.24) is 9.80 Å². The molecule has 1 N–H and O–H groups in total. The highest BCUT2D eigenvalue weighted by atomic mass is 16.3. The molecule has 4 heteroatoms. The minimum atomic E-state index is 0.0231. The van der Waals surface area contributed by atoms with Crippen LogP contribution in [0.4, 0.5) is 0 Å². The van der Waals surface area contributed by atoms with Crippen molar-refractivity contribution < 1.29 is 9.90 Å². The monoisotopic (exact) mass is 226 g/mol. The number of rotatable bonds is 5. The van der Waals surface area contributed by atoms with Crippen LogP contribution in [0.1, 0.15) is 26.2 Å². The van der Waals surface area contributed by atoms with Crippen LogP contribution in [0.3, 0.4) is 0 Å². The third-order valence-corrected chi connectivity index (χ3v) is 3.22. The molecule has 0 radical (unpaired) electrons. The Balaban J connectivity index is 2.45. The Morgan fingerprint density at radius 3 is 2.75 bits per heavy atom. The molecule has 1 aliphatic rings. The first kappa shape index (κ1) is 13.2. The Hall–Kier alpha value is -0.870. The van der Waals surface area contributed by atoms with Crippen LogP contribution < -0.4 is 0 Å². The van der Waals surface area contributed by atoms with E-state index >= 15 is 0 Å². The molecular formula is C12H22N2O2. The van der Waals surface area contributed by atoms with Gasteiger partial charge in [-0.2, -0.15) is 0 Å². The lowest BCUT2D eigenvalue weighted by molar-refractivity contribution is -0.129. The molecule has 0 heterocycles. The maximum absolute atomic E-state index is 11.9. The summed E-state index contributed by atoms with van der Waals surface area (Å²) in [5, 5.41) is 8.99. The van der Waals surface area contributed by atoms with Crippen LogP contribution in [-0.2, 0) is 4.79 Å². The van der Waals surface area contributed by atoms with E-state index in [0.717, 1.165) is 25.0 Å². The highest BCUT2D eigenvalue weighted by molar-refractivity contribution is 5.79. The number of allylic oxidation sites excluding steroid dienone is 2. The molecule has 0 aromatic heterocycles. The molecule has 1 atom stereocenters. The average Bonchev–Trinajstić information content (AvgIpc) is 2.79. The molecule has 0 spiro atoms. The van der Waals surface area contributed by atoms with Gasteiger partial charge >= 0.3 is 0 Å². The SMILES string of the molecule is CC(CO)N(C)CC(=O)N(C)C1=CCCC1. The molecule has 0 saturated heterocycles. The number of aliphatic hydroxyl groups is 1. The quantitative estimate of drug-likeness (QED) is 0.755.